The summed E-state index contributed by atoms with van der Waals surface area (Å²) in [4.78, 5) is 0. The number of aliphatic hydroxyl groups excluding tert-OH is 1. The van der Waals surface area contributed by atoms with Crippen LogP contribution in [0.5, 0.6) is 0 Å². The molecule has 1 rings (SSSR count). The molecular formula is C13H18ClFO2. The Morgan fingerprint density at radius 1 is 1.47 bits per heavy atom. The van der Waals surface area contributed by atoms with Crippen molar-refractivity contribution in [1.29, 1.82) is 0 Å². The predicted molar refractivity (Wildman–Crippen MR) is 66.8 cm³/mol. The number of rotatable bonds is 6. The summed E-state index contributed by atoms with van der Waals surface area (Å²) in [6.45, 7) is 2.63. The Balaban J connectivity index is 2.50. The Morgan fingerprint density at radius 3 is 2.76 bits per heavy atom. The maximum atomic E-state index is 13.2. The van der Waals surface area contributed by atoms with Gasteiger partial charge in [0.05, 0.1) is 11.1 Å². The number of halogens is 2. The van der Waals surface area contributed by atoms with Crippen LogP contribution in [0, 0.1) is 11.7 Å². The highest BCUT2D eigenvalue weighted by atomic mass is 35.5. The second-order valence-corrected chi connectivity index (χ2v) is 4.81. The van der Waals surface area contributed by atoms with Gasteiger partial charge in [0, 0.05) is 13.7 Å². The molecule has 0 heterocycles. The molecule has 0 saturated carbocycles. The molecule has 1 aromatic carbocycles. The van der Waals surface area contributed by atoms with Gasteiger partial charge in [-0.15, -0.1) is 0 Å². The van der Waals surface area contributed by atoms with Crippen LogP contribution in [0.4, 0.5) is 4.39 Å². The van der Waals surface area contributed by atoms with Crippen LogP contribution in [-0.4, -0.2) is 24.9 Å². The topological polar surface area (TPSA) is 29.5 Å². The molecule has 2 nitrogen and oxygen atoms in total. The molecule has 0 aliphatic rings. The van der Waals surface area contributed by atoms with Gasteiger partial charge in [-0.3, -0.25) is 0 Å². The van der Waals surface area contributed by atoms with Crippen LogP contribution in [0.1, 0.15) is 18.9 Å². The van der Waals surface area contributed by atoms with E-state index in [0.29, 0.717) is 19.4 Å². The molecule has 2 unspecified atom stereocenters. The quantitative estimate of drug-likeness (QED) is 0.852. The summed E-state index contributed by atoms with van der Waals surface area (Å²) in [5.74, 6) is -0.159. The van der Waals surface area contributed by atoms with Crippen molar-refractivity contribution < 1.29 is 14.2 Å². The third-order valence-corrected chi connectivity index (χ3v) is 2.89. The van der Waals surface area contributed by atoms with Crippen LogP contribution in [0.2, 0.25) is 5.02 Å². The first-order valence-electron chi connectivity index (χ1n) is 5.64. The van der Waals surface area contributed by atoms with Gasteiger partial charge in [0.1, 0.15) is 5.82 Å². The molecule has 0 bridgehead atoms. The predicted octanol–water partition coefficient (Wildman–Crippen LogP) is 3.06. The minimum atomic E-state index is -0.485. The van der Waals surface area contributed by atoms with Gasteiger partial charge in [-0.1, -0.05) is 24.6 Å². The molecule has 1 aromatic rings. The van der Waals surface area contributed by atoms with Crippen molar-refractivity contribution in [3.8, 4) is 0 Å². The lowest BCUT2D eigenvalue weighted by atomic mass is 9.99. The van der Waals surface area contributed by atoms with E-state index in [1.807, 2.05) is 6.92 Å². The zero-order valence-corrected chi connectivity index (χ0v) is 10.9. The van der Waals surface area contributed by atoms with Crippen molar-refractivity contribution in [2.45, 2.75) is 25.9 Å². The standard InChI is InChI=1S/C13H18ClFO2/c1-9(8-17-2)5-11(16)6-10-3-4-12(14)13(15)7-10/h3-4,7,9,11,16H,5-6,8H2,1-2H3. The van der Waals surface area contributed by atoms with Crippen LogP contribution in [-0.2, 0) is 11.2 Å². The maximum absolute atomic E-state index is 13.2. The smallest absolute Gasteiger partial charge is 0.142 e. The zero-order chi connectivity index (χ0) is 12.8. The Bertz CT molecular complexity index is 357. The maximum Gasteiger partial charge on any atom is 0.142 e. The van der Waals surface area contributed by atoms with Gasteiger partial charge in [-0.2, -0.15) is 0 Å². The van der Waals surface area contributed by atoms with Crippen LogP contribution >= 0.6 is 11.6 Å². The summed E-state index contributed by atoms with van der Waals surface area (Å²) < 4.78 is 18.2. The fourth-order valence-electron chi connectivity index (χ4n) is 1.84. The van der Waals surface area contributed by atoms with E-state index in [-0.39, 0.29) is 10.9 Å². The second-order valence-electron chi connectivity index (χ2n) is 4.40. The van der Waals surface area contributed by atoms with Crippen molar-refractivity contribution in [3.05, 3.63) is 34.6 Å². The molecule has 1 N–H and O–H groups in total. The van der Waals surface area contributed by atoms with Gasteiger partial charge in [-0.25, -0.2) is 4.39 Å². The van der Waals surface area contributed by atoms with Crippen molar-refractivity contribution in [3.63, 3.8) is 0 Å². The van der Waals surface area contributed by atoms with Crippen LogP contribution in [0.25, 0.3) is 0 Å². The van der Waals surface area contributed by atoms with E-state index in [1.165, 1.54) is 12.1 Å². The average molecular weight is 261 g/mol. The molecule has 96 valence electrons. The Labute approximate surface area is 106 Å². The Kier molecular flexibility index (Phi) is 5.89. The molecule has 0 spiro atoms. The van der Waals surface area contributed by atoms with Crippen molar-refractivity contribution >= 4 is 11.6 Å². The summed E-state index contributed by atoms with van der Waals surface area (Å²) >= 11 is 5.59. The molecule has 0 aromatic heterocycles. The number of benzene rings is 1. The van der Waals surface area contributed by atoms with Gasteiger partial charge < -0.3 is 9.84 Å². The minimum absolute atomic E-state index is 0.107. The van der Waals surface area contributed by atoms with Gasteiger partial charge in [-0.05, 0) is 36.5 Å². The summed E-state index contributed by atoms with van der Waals surface area (Å²) in [7, 11) is 1.64. The fourth-order valence-corrected chi connectivity index (χ4v) is 1.96. The lowest BCUT2D eigenvalue weighted by Crippen LogP contribution is -2.17. The first-order valence-corrected chi connectivity index (χ1v) is 6.01. The normalized spacial score (nSPS) is 14.6. The van der Waals surface area contributed by atoms with E-state index in [1.54, 1.807) is 13.2 Å². The summed E-state index contributed by atoms with van der Waals surface area (Å²) in [6.07, 6.45) is 0.584. The van der Waals surface area contributed by atoms with Gasteiger partial charge in [0.15, 0.2) is 0 Å². The van der Waals surface area contributed by atoms with Gasteiger partial charge >= 0.3 is 0 Å². The third kappa shape index (κ3) is 5.02. The molecule has 0 fully saturated rings. The van der Waals surface area contributed by atoms with Crippen LogP contribution in [0.15, 0.2) is 18.2 Å². The van der Waals surface area contributed by atoms with Crippen molar-refractivity contribution in [2.75, 3.05) is 13.7 Å². The first kappa shape index (κ1) is 14.4. The third-order valence-electron chi connectivity index (χ3n) is 2.58. The number of hydrogen-bond donors (Lipinski definition) is 1. The molecular weight excluding hydrogens is 243 g/mol. The monoisotopic (exact) mass is 260 g/mol. The number of ether oxygens (including phenoxy) is 1. The molecule has 0 saturated heterocycles. The van der Waals surface area contributed by atoms with E-state index in [0.717, 1.165) is 5.56 Å². The van der Waals surface area contributed by atoms with Gasteiger partial charge in [0.25, 0.3) is 0 Å². The SMILES string of the molecule is COCC(C)CC(O)Cc1ccc(Cl)c(F)c1. The highest BCUT2D eigenvalue weighted by molar-refractivity contribution is 6.30. The number of hydrogen-bond acceptors (Lipinski definition) is 2. The lowest BCUT2D eigenvalue weighted by molar-refractivity contribution is 0.102. The van der Waals surface area contributed by atoms with E-state index in [4.69, 9.17) is 16.3 Å². The minimum Gasteiger partial charge on any atom is -0.393 e. The molecule has 0 radical (unpaired) electrons. The molecule has 17 heavy (non-hydrogen) atoms. The summed E-state index contributed by atoms with van der Waals surface area (Å²) in [6, 6.07) is 4.61. The molecule has 4 heteroatoms. The molecule has 0 aliphatic carbocycles. The average Bonchev–Trinajstić information content (AvgIpc) is 2.23. The fraction of sp³-hybridized carbons (Fsp3) is 0.538. The second kappa shape index (κ2) is 6.94. The Hall–Kier alpha value is -0.640. The number of methoxy groups -OCH3 is 1. The summed E-state index contributed by atoms with van der Waals surface area (Å²) in [5.41, 5.74) is 0.754. The molecule has 2 atom stereocenters. The highest BCUT2D eigenvalue weighted by Gasteiger charge is 2.12. The molecule has 0 aliphatic heterocycles. The largest absolute Gasteiger partial charge is 0.393 e. The van der Waals surface area contributed by atoms with Crippen LogP contribution < -0.4 is 0 Å². The van der Waals surface area contributed by atoms with Crippen molar-refractivity contribution in [1.82, 2.24) is 0 Å². The molecule has 0 amide bonds. The summed E-state index contributed by atoms with van der Waals surface area (Å²) in [5, 5.41) is 9.96. The van der Waals surface area contributed by atoms with E-state index in [2.05, 4.69) is 0 Å². The van der Waals surface area contributed by atoms with E-state index >= 15 is 0 Å². The van der Waals surface area contributed by atoms with E-state index in [9.17, 15) is 9.50 Å². The van der Waals surface area contributed by atoms with Gasteiger partial charge in [0.2, 0.25) is 0 Å². The Morgan fingerprint density at radius 2 is 2.18 bits per heavy atom. The van der Waals surface area contributed by atoms with Crippen molar-refractivity contribution in [2.24, 2.45) is 5.92 Å². The lowest BCUT2D eigenvalue weighted by Gasteiger charge is -2.15. The van der Waals surface area contributed by atoms with E-state index < -0.39 is 11.9 Å². The zero-order valence-electron chi connectivity index (χ0n) is 10.1. The van der Waals surface area contributed by atoms with Crippen LogP contribution in [0.3, 0.4) is 0 Å². The first-order chi connectivity index (χ1) is 8.02. The number of aliphatic hydroxyl groups is 1. The highest BCUT2D eigenvalue weighted by Crippen LogP contribution is 2.18.